The van der Waals surface area contributed by atoms with Crippen LogP contribution in [0.5, 0.6) is 5.75 Å². The van der Waals surface area contributed by atoms with Crippen LogP contribution in [0.3, 0.4) is 0 Å². The largest absolute Gasteiger partial charge is 0.489 e. The standard InChI is InChI=1S/C25H19ClN2O2/c26-22-12-8-18(9-13-22)17-30-23-14-10-20(11-15-23)25(29)28-27-16-21-6-3-5-19-4-1-2-7-24(19)21/h1-16H,17H2,(H,28,29)/b27-16+. The van der Waals surface area contributed by atoms with Gasteiger partial charge in [-0.3, -0.25) is 4.79 Å². The zero-order valence-electron chi connectivity index (χ0n) is 16.1. The van der Waals surface area contributed by atoms with Gasteiger partial charge in [0.15, 0.2) is 0 Å². The van der Waals surface area contributed by atoms with Gasteiger partial charge in [0.25, 0.3) is 5.91 Å². The molecule has 0 radical (unpaired) electrons. The molecule has 0 spiro atoms. The van der Waals surface area contributed by atoms with E-state index in [-0.39, 0.29) is 5.91 Å². The van der Waals surface area contributed by atoms with Crippen molar-refractivity contribution >= 4 is 34.5 Å². The molecule has 0 heterocycles. The Hall–Kier alpha value is -3.63. The lowest BCUT2D eigenvalue weighted by Crippen LogP contribution is -2.17. The molecule has 148 valence electrons. The lowest BCUT2D eigenvalue weighted by Gasteiger charge is -2.07. The third-order valence-electron chi connectivity index (χ3n) is 4.63. The number of fused-ring (bicyclic) bond motifs is 1. The van der Waals surface area contributed by atoms with Gasteiger partial charge in [-0.1, -0.05) is 66.2 Å². The second kappa shape index (κ2) is 9.25. The minimum Gasteiger partial charge on any atom is -0.489 e. The molecule has 0 saturated heterocycles. The first-order valence-electron chi connectivity index (χ1n) is 9.47. The minimum atomic E-state index is -0.282. The second-order valence-electron chi connectivity index (χ2n) is 6.71. The number of nitrogens with zero attached hydrogens (tertiary/aromatic N) is 1. The van der Waals surface area contributed by atoms with E-state index in [1.807, 2.05) is 66.7 Å². The first kappa shape index (κ1) is 19.7. The summed E-state index contributed by atoms with van der Waals surface area (Å²) < 4.78 is 5.74. The van der Waals surface area contributed by atoms with E-state index >= 15 is 0 Å². The molecular formula is C25H19ClN2O2. The number of amides is 1. The van der Waals surface area contributed by atoms with E-state index in [0.717, 1.165) is 21.9 Å². The number of hydrazone groups is 1. The van der Waals surface area contributed by atoms with Gasteiger partial charge in [0.2, 0.25) is 0 Å². The molecule has 0 saturated carbocycles. The number of hydrogen-bond acceptors (Lipinski definition) is 3. The van der Waals surface area contributed by atoms with Crippen LogP contribution in [0.25, 0.3) is 10.8 Å². The van der Waals surface area contributed by atoms with Crippen LogP contribution in [0.4, 0.5) is 0 Å². The first-order chi connectivity index (χ1) is 14.7. The van der Waals surface area contributed by atoms with Crippen LogP contribution in [-0.2, 0) is 6.61 Å². The van der Waals surface area contributed by atoms with Gasteiger partial charge in [0.05, 0.1) is 6.21 Å². The summed E-state index contributed by atoms with van der Waals surface area (Å²) in [6.07, 6.45) is 1.66. The lowest BCUT2D eigenvalue weighted by atomic mass is 10.1. The summed E-state index contributed by atoms with van der Waals surface area (Å²) in [4.78, 5) is 12.3. The van der Waals surface area contributed by atoms with E-state index < -0.39 is 0 Å². The molecular weight excluding hydrogens is 396 g/mol. The topological polar surface area (TPSA) is 50.7 Å². The molecule has 4 nitrogen and oxygen atoms in total. The highest BCUT2D eigenvalue weighted by Crippen LogP contribution is 2.17. The molecule has 0 aliphatic carbocycles. The Kier molecular flexibility index (Phi) is 6.06. The Balaban J connectivity index is 1.35. The van der Waals surface area contributed by atoms with Crippen LogP contribution < -0.4 is 10.2 Å². The quantitative estimate of drug-likeness (QED) is 0.318. The van der Waals surface area contributed by atoms with Crippen LogP contribution >= 0.6 is 11.6 Å². The fraction of sp³-hybridized carbons (Fsp3) is 0.0400. The fourth-order valence-electron chi connectivity index (χ4n) is 3.04. The molecule has 30 heavy (non-hydrogen) atoms. The maximum Gasteiger partial charge on any atom is 0.271 e. The predicted molar refractivity (Wildman–Crippen MR) is 121 cm³/mol. The van der Waals surface area contributed by atoms with E-state index in [9.17, 15) is 4.79 Å². The number of carbonyl (C=O) groups is 1. The van der Waals surface area contributed by atoms with Gasteiger partial charge in [-0.15, -0.1) is 0 Å². The maximum atomic E-state index is 12.3. The summed E-state index contributed by atoms with van der Waals surface area (Å²) in [5, 5.41) is 7.01. The average Bonchev–Trinajstić information content (AvgIpc) is 2.79. The molecule has 0 aliphatic rings. The van der Waals surface area contributed by atoms with E-state index in [1.165, 1.54) is 0 Å². The number of benzene rings is 4. The van der Waals surface area contributed by atoms with Crippen molar-refractivity contribution in [3.05, 3.63) is 113 Å². The highest BCUT2D eigenvalue weighted by atomic mass is 35.5. The fourth-order valence-corrected chi connectivity index (χ4v) is 3.16. The van der Waals surface area contributed by atoms with Crippen LogP contribution in [0, 0.1) is 0 Å². The number of rotatable bonds is 6. The molecule has 1 amide bonds. The SMILES string of the molecule is O=C(N/N=C/c1cccc2ccccc12)c1ccc(OCc2ccc(Cl)cc2)cc1. The molecule has 0 aliphatic heterocycles. The van der Waals surface area contributed by atoms with Gasteiger partial charge >= 0.3 is 0 Å². The van der Waals surface area contributed by atoms with Crippen molar-refractivity contribution in [2.45, 2.75) is 6.61 Å². The van der Waals surface area contributed by atoms with Crippen molar-refractivity contribution in [2.24, 2.45) is 5.10 Å². The molecule has 5 heteroatoms. The summed E-state index contributed by atoms with van der Waals surface area (Å²) in [7, 11) is 0. The van der Waals surface area contributed by atoms with Crippen molar-refractivity contribution in [1.29, 1.82) is 0 Å². The van der Waals surface area contributed by atoms with Crippen LogP contribution in [-0.4, -0.2) is 12.1 Å². The molecule has 0 fully saturated rings. The minimum absolute atomic E-state index is 0.282. The van der Waals surface area contributed by atoms with Gasteiger partial charge in [0, 0.05) is 16.1 Å². The van der Waals surface area contributed by atoms with Gasteiger partial charge in [-0.25, -0.2) is 5.43 Å². The van der Waals surface area contributed by atoms with Crippen molar-refractivity contribution < 1.29 is 9.53 Å². The molecule has 4 aromatic carbocycles. The van der Waals surface area contributed by atoms with Crippen molar-refractivity contribution in [3.8, 4) is 5.75 Å². The van der Waals surface area contributed by atoms with Gasteiger partial charge in [-0.2, -0.15) is 5.10 Å². The summed E-state index contributed by atoms with van der Waals surface area (Å²) in [6, 6.07) is 28.4. The summed E-state index contributed by atoms with van der Waals surface area (Å²) >= 11 is 5.88. The maximum absolute atomic E-state index is 12.3. The Morgan fingerprint density at radius 2 is 1.63 bits per heavy atom. The lowest BCUT2D eigenvalue weighted by molar-refractivity contribution is 0.0955. The van der Waals surface area contributed by atoms with Gasteiger partial charge in [-0.05, 0) is 52.7 Å². The third kappa shape index (κ3) is 4.85. The number of halogens is 1. The molecule has 4 aromatic rings. The third-order valence-corrected chi connectivity index (χ3v) is 4.88. The van der Waals surface area contributed by atoms with E-state index in [2.05, 4.69) is 10.5 Å². The Labute approximate surface area is 179 Å². The van der Waals surface area contributed by atoms with Crippen LogP contribution in [0.2, 0.25) is 5.02 Å². The molecule has 0 aromatic heterocycles. The Morgan fingerprint density at radius 1 is 0.900 bits per heavy atom. The van der Waals surface area contributed by atoms with E-state index in [1.54, 1.807) is 30.5 Å². The second-order valence-corrected chi connectivity index (χ2v) is 7.14. The summed E-state index contributed by atoms with van der Waals surface area (Å²) in [6.45, 7) is 0.429. The first-order valence-corrected chi connectivity index (χ1v) is 9.85. The molecule has 0 bridgehead atoms. The van der Waals surface area contributed by atoms with Gasteiger partial charge < -0.3 is 4.74 Å². The summed E-state index contributed by atoms with van der Waals surface area (Å²) in [5.74, 6) is 0.400. The molecule has 4 rings (SSSR count). The number of hydrogen-bond donors (Lipinski definition) is 1. The molecule has 0 atom stereocenters. The monoisotopic (exact) mass is 414 g/mol. The highest BCUT2D eigenvalue weighted by molar-refractivity contribution is 6.30. The smallest absolute Gasteiger partial charge is 0.271 e. The van der Waals surface area contributed by atoms with Crippen LogP contribution in [0.1, 0.15) is 21.5 Å². The molecule has 0 unspecified atom stereocenters. The van der Waals surface area contributed by atoms with E-state index in [4.69, 9.17) is 16.3 Å². The van der Waals surface area contributed by atoms with Crippen molar-refractivity contribution in [2.75, 3.05) is 0 Å². The van der Waals surface area contributed by atoms with Gasteiger partial charge in [0.1, 0.15) is 12.4 Å². The normalized spacial score (nSPS) is 11.0. The number of carbonyl (C=O) groups excluding carboxylic acids is 1. The summed E-state index contributed by atoms with van der Waals surface area (Å²) in [5.41, 5.74) is 5.04. The predicted octanol–water partition coefficient (Wildman–Crippen LogP) is 5.84. The Bertz CT molecular complexity index is 1180. The Morgan fingerprint density at radius 3 is 2.43 bits per heavy atom. The van der Waals surface area contributed by atoms with Crippen LogP contribution in [0.15, 0.2) is 96.1 Å². The number of ether oxygens (including phenoxy) is 1. The zero-order valence-corrected chi connectivity index (χ0v) is 16.8. The average molecular weight is 415 g/mol. The van der Waals surface area contributed by atoms with Crippen molar-refractivity contribution in [3.63, 3.8) is 0 Å². The zero-order chi connectivity index (χ0) is 20.8. The molecule has 1 N–H and O–H groups in total. The van der Waals surface area contributed by atoms with E-state index in [0.29, 0.717) is 22.9 Å². The van der Waals surface area contributed by atoms with Crippen molar-refractivity contribution in [1.82, 2.24) is 5.43 Å². The number of nitrogens with one attached hydrogen (secondary N) is 1. The highest BCUT2D eigenvalue weighted by Gasteiger charge is 2.05.